The molecule has 2 aromatic rings. The molecule has 1 amide bonds. The van der Waals surface area contributed by atoms with Crippen molar-refractivity contribution in [3.63, 3.8) is 0 Å². The first-order chi connectivity index (χ1) is 8.16. The second-order valence-electron chi connectivity index (χ2n) is 3.51. The molecule has 1 unspecified atom stereocenters. The highest BCUT2D eigenvalue weighted by Crippen LogP contribution is 2.22. The number of carbonyl (C=O) groups is 1. The van der Waals surface area contributed by atoms with Crippen molar-refractivity contribution in [3.8, 4) is 0 Å². The molecule has 0 bridgehead atoms. The van der Waals surface area contributed by atoms with E-state index in [4.69, 9.17) is 16.0 Å². The molecule has 88 valence electrons. The number of amides is 1. The van der Waals surface area contributed by atoms with Gasteiger partial charge in [0, 0.05) is 6.20 Å². The zero-order valence-corrected chi connectivity index (χ0v) is 9.94. The average molecular weight is 251 g/mol. The number of halogens is 1. The van der Waals surface area contributed by atoms with Crippen molar-refractivity contribution in [2.24, 2.45) is 0 Å². The lowest BCUT2D eigenvalue weighted by Gasteiger charge is -2.01. The fourth-order valence-corrected chi connectivity index (χ4v) is 1.44. The Labute approximate surface area is 104 Å². The van der Waals surface area contributed by atoms with Crippen molar-refractivity contribution in [1.82, 2.24) is 4.98 Å². The van der Waals surface area contributed by atoms with E-state index in [0.717, 1.165) is 0 Å². The molecule has 0 aromatic carbocycles. The third-order valence-corrected chi connectivity index (χ3v) is 2.38. The lowest BCUT2D eigenvalue weighted by atomic mass is 10.3. The minimum atomic E-state index is -0.318. The molecule has 0 radical (unpaired) electrons. The van der Waals surface area contributed by atoms with Crippen LogP contribution < -0.4 is 5.32 Å². The molecule has 0 saturated heterocycles. The molecule has 0 saturated carbocycles. The Kier molecular flexibility index (Phi) is 3.44. The Morgan fingerprint density at radius 1 is 1.47 bits per heavy atom. The van der Waals surface area contributed by atoms with Gasteiger partial charge in [0.1, 0.15) is 5.76 Å². The van der Waals surface area contributed by atoms with Gasteiger partial charge < -0.3 is 9.73 Å². The standard InChI is InChI=1S/C12H11ClN2O2/c1-8(13)10-4-5-11(17-10)12(16)15-9-3-2-6-14-7-9/h2-8H,1H3,(H,15,16). The number of hydrogen-bond acceptors (Lipinski definition) is 3. The predicted molar refractivity (Wildman–Crippen MR) is 65.2 cm³/mol. The average Bonchev–Trinajstić information content (AvgIpc) is 2.79. The Hall–Kier alpha value is -1.81. The predicted octanol–water partition coefficient (Wildman–Crippen LogP) is 3.23. The third kappa shape index (κ3) is 2.85. The number of alkyl halides is 1. The van der Waals surface area contributed by atoms with Gasteiger partial charge >= 0.3 is 0 Å². The van der Waals surface area contributed by atoms with Gasteiger partial charge in [-0.1, -0.05) is 0 Å². The van der Waals surface area contributed by atoms with E-state index in [1.54, 1.807) is 43.6 Å². The van der Waals surface area contributed by atoms with Crippen molar-refractivity contribution < 1.29 is 9.21 Å². The van der Waals surface area contributed by atoms with Crippen LogP contribution in [-0.2, 0) is 0 Å². The number of hydrogen-bond donors (Lipinski definition) is 1. The quantitative estimate of drug-likeness (QED) is 0.851. The molecule has 1 N–H and O–H groups in total. The molecule has 0 aliphatic carbocycles. The molecule has 17 heavy (non-hydrogen) atoms. The Balaban J connectivity index is 2.10. The summed E-state index contributed by atoms with van der Waals surface area (Å²) < 4.78 is 5.31. The first-order valence-corrected chi connectivity index (χ1v) is 5.55. The summed E-state index contributed by atoms with van der Waals surface area (Å²) in [5.41, 5.74) is 0.620. The van der Waals surface area contributed by atoms with Gasteiger partial charge in [-0.3, -0.25) is 9.78 Å². The molecule has 0 spiro atoms. The summed E-state index contributed by atoms with van der Waals surface area (Å²) >= 11 is 5.85. The summed E-state index contributed by atoms with van der Waals surface area (Å²) in [6, 6.07) is 6.78. The van der Waals surface area contributed by atoms with Gasteiger partial charge in [-0.15, -0.1) is 11.6 Å². The number of pyridine rings is 1. The summed E-state index contributed by atoms with van der Waals surface area (Å²) in [4.78, 5) is 15.7. The highest BCUT2D eigenvalue weighted by atomic mass is 35.5. The van der Waals surface area contributed by atoms with Gasteiger partial charge in [0.15, 0.2) is 5.76 Å². The Morgan fingerprint density at radius 3 is 2.88 bits per heavy atom. The van der Waals surface area contributed by atoms with E-state index in [9.17, 15) is 4.79 Å². The monoisotopic (exact) mass is 250 g/mol. The molecule has 0 aliphatic heterocycles. The fraction of sp³-hybridized carbons (Fsp3) is 0.167. The van der Waals surface area contributed by atoms with Crippen LogP contribution >= 0.6 is 11.6 Å². The fourth-order valence-electron chi connectivity index (χ4n) is 1.32. The smallest absolute Gasteiger partial charge is 0.291 e. The molecular formula is C12H11ClN2O2. The summed E-state index contributed by atoms with van der Waals surface area (Å²) in [5, 5.41) is 2.42. The lowest BCUT2D eigenvalue weighted by Crippen LogP contribution is -2.10. The van der Waals surface area contributed by atoms with Crippen LogP contribution in [0.4, 0.5) is 5.69 Å². The van der Waals surface area contributed by atoms with Crippen molar-refractivity contribution in [1.29, 1.82) is 0 Å². The number of nitrogens with one attached hydrogen (secondary N) is 1. The zero-order chi connectivity index (χ0) is 12.3. The van der Waals surface area contributed by atoms with Crippen LogP contribution in [0, 0.1) is 0 Å². The molecule has 1 atom stereocenters. The van der Waals surface area contributed by atoms with Gasteiger partial charge in [0.25, 0.3) is 5.91 Å². The Bertz CT molecular complexity index is 508. The molecular weight excluding hydrogens is 240 g/mol. The van der Waals surface area contributed by atoms with Crippen LogP contribution in [0.25, 0.3) is 0 Å². The van der Waals surface area contributed by atoms with Crippen LogP contribution in [0.1, 0.15) is 28.6 Å². The summed E-state index contributed by atoms with van der Waals surface area (Å²) in [5.74, 6) is 0.487. The Morgan fingerprint density at radius 2 is 2.29 bits per heavy atom. The third-order valence-electron chi connectivity index (χ3n) is 2.16. The van der Waals surface area contributed by atoms with Crippen molar-refractivity contribution >= 4 is 23.2 Å². The number of carbonyl (C=O) groups excluding carboxylic acids is 1. The van der Waals surface area contributed by atoms with Crippen LogP contribution in [-0.4, -0.2) is 10.9 Å². The van der Waals surface area contributed by atoms with Crippen LogP contribution in [0.2, 0.25) is 0 Å². The summed E-state index contributed by atoms with van der Waals surface area (Å²) in [6.45, 7) is 1.78. The van der Waals surface area contributed by atoms with E-state index in [1.165, 1.54) is 0 Å². The van der Waals surface area contributed by atoms with Gasteiger partial charge in [-0.25, -0.2) is 0 Å². The first kappa shape index (κ1) is 11.7. The number of nitrogens with zero attached hydrogens (tertiary/aromatic N) is 1. The maximum atomic E-state index is 11.8. The van der Waals surface area contributed by atoms with E-state index < -0.39 is 0 Å². The van der Waals surface area contributed by atoms with Crippen molar-refractivity contribution in [3.05, 3.63) is 48.2 Å². The van der Waals surface area contributed by atoms with Crippen molar-refractivity contribution in [2.45, 2.75) is 12.3 Å². The van der Waals surface area contributed by atoms with Gasteiger partial charge in [-0.2, -0.15) is 0 Å². The number of anilines is 1. The van der Waals surface area contributed by atoms with Gasteiger partial charge in [0.05, 0.1) is 17.3 Å². The minimum Gasteiger partial charge on any atom is -0.454 e. The lowest BCUT2D eigenvalue weighted by molar-refractivity contribution is 0.0995. The summed E-state index contributed by atoms with van der Waals surface area (Å²) in [7, 11) is 0. The molecule has 2 heterocycles. The first-order valence-electron chi connectivity index (χ1n) is 5.12. The number of rotatable bonds is 3. The van der Waals surface area contributed by atoms with Crippen LogP contribution in [0.5, 0.6) is 0 Å². The largest absolute Gasteiger partial charge is 0.454 e. The van der Waals surface area contributed by atoms with E-state index in [2.05, 4.69) is 10.3 Å². The second kappa shape index (κ2) is 5.01. The highest BCUT2D eigenvalue weighted by Gasteiger charge is 2.13. The normalized spacial score (nSPS) is 12.1. The van der Waals surface area contributed by atoms with Crippen LogP contribution in [0.15, 0.2) is 41.1 Å². The minimum absolute atomic E-state index is 0.233. The highest BCUT2D eigenvalue weighted by molar-refractivity contribution is 6.20. The maximum Gasteiger partial charge on any atom is 0.291 e. The van der Waals surface area contributed by atoms with Gasteiger partial charge in [-0.05, 0) is 31.2 Å². The van der Waals surface area contributed by atoms with E-state index >= 15 is 0 Å². The number of aromatic nitrogens is 1. The molecule has 2 rings (SSSR count). The SMILES string of the molecule is CC(Cl)c1ccc(C(=O)Nc2cccnc2)o1. The molecule has 2 aromatic heterocycles. The van der Waals surface area contributed by atoms with E-state index in [-0.39, 0.29) is 17.0 Å². The molecule has 5 heteroatoms. The zero-order valence-electron chi connectivity index (χ0n) is 9.18. The molecule has 0 fully saturated rings. The number of furan rings is 1. The molecule has 4 nitrogen and oxygen atoms in total. The van der Waals surface area contributed by atoms with Crippen LogP contribution in [0.3, 0.4) is 0 Å². The topological polar surface area (TPSA) is 55.1 Å². The van der Waals surface area contributed by atoms with E-state index in [0.29, 0.717) is 11.4 Å². The summed E-state index contributed by atoms with van der Waals surface area (Å²) in [6.07, 6.45) is 3.20. The van der Waals surface area contributed by atoms with Crippen molar-refractivity contribution in [2.75, 3.05) is 5.32 Å². The van der Waals surface area contributed by atoms with Gasteiger partial charge in [0.2, 0.25) is 0 Å². The molecule has 0 aliphatic rings. The maximum absolute atomic E-state index is 11.8. The second-order valence-corrected chi connectivity index (χ2v) is 4.17. The van der Waals surface area contributed by atoms with E-state index in [1.807, 2.05) is 0 Å².